The van der Waals surface area contributed by atoms with Crippen molar-refractivity contribution >= 4 is 28.8 Å². The molecule has 1 fully saturated rings. The van der Waals surface area contributed by atoms with Gasteiger partial charge in [0, 0.05) is 37.1 Å². The number of benzene rings is 3. The molecule has 8 nitrogen and oxygen atoms in total. The van der Waals surface area contributed by atoms with Crippen molar-refractivity contribution in [3.8, 4) is 17.2 Å². The van der Waals surface area contributed by atoms with E-state index in [1.807, 2.05) is 64.0 Å². The third kappa shape index (κ3) is 4.90. The number of anilines is 2. The summed E-state index contributed by atoms with van der Waals surface area (Å²) in [5.74, 6) is 0.0328. The van der Waals surface area contributed by atoms with E-state index in [1.165, 1.54) is 4.90 Å². The molecule has 8 heteroatoms. The highest BCUT2D eigenvalue weighted by atomic mass is 16.6. The van der Waals surface area contributed by atoms with Gasteiger partial charge in [0.15, 0.2) is 11.5 Å². The molecule has 0 spiro atoms. The van der Waals surface area contributed by atoms with Crippen LogP contribution >= 0.6 is 0 Å². The maximum absolute atomic E-state index is 13.6. The molecule has 2 aliphatic rings. The molecule has 202 valence electrons. The minimum Gasteiger partial charge on any atom is -0.507 e. The molecule has 0 radical (unpaired) electrons. The molecular formula is C31H32N2O6. The van der Waals surface area contributed by atoms with Crippen LogP contribution < -0.4 is 24.0 Å². The number of ketones is 1. The molecule has 1 N–H and O–H groups in total. The molecule has 0 bridgehead atoms. The molecule has 1 amide bonds. The van der Waals surface area contributed by atoms with Crippen LogP contribution in [0, 0.1) is 6.92 Å². The van der Waals surface area contributed by atoms with E-state index in [4.69, 9.17) is 14.2 Å². The van der Waals surface area contributed by atoms with Crippen molar-refractivity contribution in [2.75, 3.05) is 37.1 Å². The van der Waals surface area contributed by atoms with Gasteiger partial charge in [0.25, 0.3) is 11.7 Å². The van der Waals surface area contributed by atoms with Crippen LogP contribution in [0.15, 0.2) is 66.2 Å². The maximum atomic E-state index is 13.6. The van der Waals surface area contributed by atoms with E-state index in [0.717, 1.165) is 11.3 Å². The number of aliphatic hydroxyl groups excluding tert-OH is 1. The first-order valence-electron chi connectivity index (χ1n) is 12.9. The Balaban J connectivity index is 1.65. The number of amides is 1. The predicted octanol–water partition coefficient (Wildman–Crippen LogP) is 5.25. The van der Waals surface area contributed by atoms with Crippen LogP contribution in [0.3, 0.4) is 0 Å². The number of Topliss-reactive ketones (excluding diaryl/α,β-unsaturated/α-hetero) is 1. The smallest absolute Gasteiger partial charge is 0.300 e. The summed E-state index contributed by atoms with van der Waals surface area (Å²) in [6.07, 6.45) is -0.00962. The highest BCUT2D eigenvalue weighted by Crippen LogP contribution is 2.45. The number of hydrogen-bond acceptors (Lipinski definition) is 7. The molecule has 3 aromatic rings. The van der Waals surface area contributed by atoms with Gasteiger partial charge in [0.05, 0.1) is 17.7 Å². The van der Waals surface area contributed by atoms with E-state index in [9.17, 15) is 14.7 Å². The largest absolute Gasteiger partial charge is 0.507 e. The van der Waals surface area contributed by atoms with Crippen LogP contribution in [0.5, 0.6) is 17.2 Å². The minimum atomic E-state index is -0.851. The first-order chi connectivity index (χ1) is 18.7. The maximum Gasteiger partial charge on any atom is 0.300 e. The third-order valence-corrected chi connectivity index (χ3v) is 6.78. The number of aryl methyl sites for hydroxylation is 1. The summed E-state index contributed by atoms with van der Waals surface area (Å²) in [6, 6.07) is 17.1. The van der Waals surface area contributed by atoms with Crippen LogP contribution in [0.25, 0.3) is 5.76 Å². The zero-order chi connectivity index (χ0) is 27.8. The molecule has 0 aromatic heterocycles. The third-order valence-electron chi connectivity index (χ3n) is 6.78. The van der Waals surface area contributed by atoms with Crippen LogP contribution in [-0.4, -0.2) is 50.2 Å². The van der Waals surface area contributed by atoms with Gasteiger partial charge >= 0.3 is 0 Å². The normalized spacial score (nSPS) is 18.0. The minimum absolute atomic E-state index is 0.00962. The number of ether oxygens (including phenoxy) is 3. The molecule has 3 aromatic carbocycles. The number of fused-ring (bicyclic) bond motifs is 1. The first kappa shape index (κ1) is 26.2. The molecule has 1 atom stereocenters. The SMILES string of the molecule is Cc1cc(/C(O)=C2\C(=O)C(=O)N(c3ccc4c(c3)OCCO4)C2c2ccc(N(C)C)cc2)ccc1OC(C)C. The van der Waals surface area contributed by atoms with E-state index < -0.39 is 17.7 Å². The highest BCUT2D eigenvalue weighted by molar-refractivity contribution is 6.51. The van der Waals surface area contributed by atoms with Crippen molar-refractivity contribution < 1.29 is 28.9 Å². The van der Waals surface area contributed by atoms with Crippen molar-refractivity contribution in [1.82, 2.24) is 0 Å². The highest BCUT2D eigenvalue weighted by Gasteiger charge is 2.47. The molecular weight excluding hydrogens is 496 g/mol. The van der Waals surface area contributed by atoms with Gasteiger partial charge in [-0.1, -0.05) is 12.1 Å². The lowest BCUT2D eigenvalue weighted by Crippen LogP contribution is -2.29. The van der Waals surface area contributed by atoms with Crippen molar-refractivity contribution in [2.45, 2.75) is 32.9 Å². The van der Waals surface area contributed by atoms with E-state index in [1.54, 1.807) is 36.4 Å². The average Bonchev–Trinajstić information content (AvgIpc) is 3.19. The number of carbonyl (C=O) groups is 2. The van der Waals surface area contributed by atoms with Crippen molar-refractivity contribution in [3.63, 3.8) is 0 Å². The second kappa shape index (κ2) is 10.4. The van der Waals surface area contributed by atoms with E-state index >= 15 is 0 Å². The van der Waals surface area contributed by atoms with Gasteiger partial charge in [-0.3, -0.25) is 14.5 Å². The summed E-state index contributed by atoms with van der Waals surface area (Å²) in [5.41, 5.74) is 3.38. The van der Waals surface area contributed by atoms with Gasteiger partial charge in [-0.2, -0.15) is 0 Å². The van der Waals surface area contributed by atoms with E-state index in [2.05, 4.69) is 0 Å². The lowest BCUT2D eigenvalue weighted by atomic mass is 9.94. The Bertz CT molecular complexity index is 1460. The lowest BCUT2D eigenvalue weighted by Gasteiger charge is -2.27. The van der Waals surface area contributed by atoms with Gasteiger partial charge in [-0.05, 0) is 74.4 Å². The fourth-order valence-corrected chi connectivity index (χ4v) is 4.89. The summed E-state index contributed by atoms with van der Waals surface area (Å²) in [6.45, 7) is 6.58. The fourth-order valence-electron chi connectivity index (χ4n) is 4.89. The number of rotatable bonds is 6. The molecule has 2 aliphatic heterocycles. The molecule has 2 heterocycles. The number of nitrogens with zero attached hydrogens (tertiary/aromatic N) is 2. The zero-order valence-corrected chi connectivity index (χ0v) is 22.7. The van der Waals surface area contributed by atoms with Crippen molar-refractivity contribution in [2.24, 2.45) is 0 Å². The Hall–Kier alpha value is -4.46. The summed E-state index contributed by atoms with van der Waals surface area (Å²) in [4.78, 5) is 30.5. The van der Waals surface area contributed by atoms with E-state index in [0.29, 0.717) is 47.3 Å². The second-order valence-electron chi connectivity index (χ2n) is 10.1. The number of hydrogen-bond donors (Lipinski definition) is 1. The van der Waals surface area contributed by atoms with Gasteiger partial charge in [-0.25, -0.2) is 0 Å². The zero-order valence-electron chi connectivity index (χ0n) is 22.7. The van der Waals surface area contributed by atoms with Gasteiger partial charge < -0.3 is 24.2 Å². The summed E-state index contributed by atoms with van der Waals surface area (Å²) in [7, 11) is 3.87. The van der Waals surface area contributed by atoms with Crippen molar-refractivity contribution in [1.29, 1.82) is 0 Å². The molecule has 0 aliphatic carbocycles. The van der Waals surface area contributed by atoms with Crippen LogP contribution in [-0.2, 0) is 9.59 Å². The topological polar surface area (TPSA) is 88.5 Å². The molecule has 5 rings (SSSR count). The van der Waals surface area contributed by atoms with Crippen LogP contribution in [0.2, 0.25) is 0 Å². The van der Waals surface area contributed by atoms with E-state index in [-0.39, 0.29) is 17.4 Å². The lowest BCUT2D eigenvalue weighted by molar-refractivity contribution is -0.132. The summed E-state index contributed by atoms with van der Waals surface area (Å²) in [5, 5.41) is 11.5. The average molecular weight is 529 g/mol. The van der Waals surface area contributed by atoms with Gasteiger partial charge in [-0.15, -0.1) is 0 Å². The quantitative estimate of drug-likeness (QED) is 0.266. The Labute approximate surface area is 228 Å². The second-order valence-corrected chi connectivity index (χ2v) is 10.1. The summed E-state index contributed by atoms with van der Waals surface area (Å²) < 4.78 is 17.2. The van der Waals surface area contributed by atoms with Gasteiger partial charge in [0.2, 0.25) is 0 Å². The molecule has 1 unspecified atom stereocenters. The number of carbonyl (C=O) groups excluding carboxylic acids is 2. The summed E-state index contributed by atoms with van der Waals surface area (Å²) >= 11 is 0. The first-order valence-corrected chi connectivity index (χ1v) is 12.9. The fraction of sp³-hybridized carbons (Fsp3) is 0.290. The number of aliphatic hydroxyl groups is 1. The molecule has 1 saturated heterocycles. The standard InChI is InChI=1S/C31H32N2O6/c1-18(2)39-24-12-8-21(16-19(24)3)29(34)27-28(20-6-9-22(10-7-20)32(4)5)33(31(36)30(27)35)23-11-13-25-26(17-23)38-15-14-37-25/h6-13,16-18,28,34H,14-15H2,1-5H3/b29-27+. The Morgan fingerprint density at radius 2 is 1.67 bits per heavy atom. The Kier molecular flexibility index (Phi) is 6.95. The van der Waals surface area contributed by atoms with Crippen molar-refractivity contribution in [3.05, 3.63) is 82.9 Å². The molecule has 39 heavy (non-hydrogen) atoms. The predicted molar refractivity (Wildman–Crippen MR) is 150 cm³/mol. The van der Waals surface area contributed by atoms with Gasteiger partial charge in [0.1, 0.15) is 24.7 Å². The van der Waals surface area contributed by atoms with Crippen LogP contribution in [0.4, 0.5) is 11.4 Å². The monoisotopic (exact) mass is 528 g/mol. The Morgan fingerprint density at radius 1 is 0.974 bits per heavy atom. The van der Waals surface area contributed by atoms with Crippen LogP contribution in [0.1, 0.15) is 36.6 Å². The molecule has 0 saturated carbocycles. The Morgan fingerprint density at radius 3 is 2.31 bits per heavy atom.